The number of anilines is 1. The number of benzene rings is 3. The molecule has 34 heavy (non-hydrogen) atoms. The van der Waals surface area contributed by atoms with Crippen LogP contribution in [0.1, 0.15) is 37.0 Å². The topological polar surface area (TPSA) is 83.1 Å². The molecule has 3 aromatic carbocycles. The van der Waals surface area contributed by atoms with Crippen molar-refractivity contribution in [1.82, 2.24) is 9.55 Å². The van der Waals surface area contributed by atoms with E-state index < -0.39 is 6.17 Å². The fourth-order valence-electron chi connectivity index (χ4n) is 4.79. The minimum atomic E-state index is -0.555. The maximum absolute atomic E-state index is 10.1. The third-order valence-corrected chi connectivity index (χ3v) is 6.41. The smallest absolute Gasteiger partial charge is 0.228 e. The van der Waals surface area contributed by atoms with E-state index >= 15 is 0 Å². The summed E-state index contributed by atoms with van der Waals surface area (Å²) in [7, 11) is 0. The molecule has 1 atom stereocenters. The molecule has 0 radical (unpaired) electrons. The first-order chi connectivity index (χ1) is 16.6. The second-order valence-electron chi connectivity index (χ2n) is 8.44. The van der Waals surface area contributed by atoms with Gasteiger partial charge in [0.15, 0.2) is 6.17 Å². The van der Waals surface area contributed by atoms with Crippen molar-refractivity contribution in [2.75, 3.05) is 18.0 Å². The molecular weight excluding hydrogens is 428 g/mol. The van der Waals surface area contributed by atoms with Gasteiger partial charge in [0.05, 0.1) is 16.6 Å². The molecule has 0 fully saturated rings. The average Bonchev–Trinajstić information content (AvgIpc) is 3.22. The highest BCUT2D eigenvalue weighted by Crippen LogP contribution is 2.42. The zero-order valence-electron chi connectivity index (χ0n) is 18.9. The molecule has 1 aromatic heterocycles. The Morgan fingerprint density at radius 2 is 1.74 bits per heavy atom. The van der Waals surface area contributed by atoms with E-state index in [0.717, 1.165) is 52.5 Å². The molecule has 0 aliphatic carbocycles. The van der Waals surface area contributed by atoms with Crippen molar-refractivity contribution in [3.8, 4) is 17.2 Å². The lowest BCUT2D eigenvalue weighted by molar-refractivity contribution is 0.445. The van der Waals surface area contributed by atoms with E-state index in [0.29, 0.717) is 11.5 Å². The Kier molecular flexibility index (Phi) is 4.58. The van der Waals surface area contributed by atoms with Crippen LogP contribution < -0.4 is 9.64 Å². The predicted octanol–water partition coefficient (Wildman–Crippen LogP) is 5.19. The van der Waals surface area contributed by atoms with Crippen molar-refractivity contribution < 1.29 is 14.9 Å². The number of rotatable bonds is 4. The summed E-state index contributed by atoms with van der Waals surface area (Å²) in [4.78, 5) is 12.1. The van der Waals surface area contributed by atoms with Gasteiger partial charge in [-0.2, -0.15) is 0 Å². The summed E-state index contributed by atoms with van der Waals surface area (Å²) in [5, 5.41) is 20.3. The molecule has 0 saturated heterocycles. The molecule has 7 heteroatoms. The van der Waals surface area contributed by atoms with Crippen LogP contribution in [0.2, 0.25) is 0 Å². The summed E-state index contributed by atoms with van der Waals surface area (Å²) in [6.07, 6.45) is 1.51. The zero-order valence-corrected chi connectivity index (χ0v) is 18.9. The second kappa shape index (κ2) is 7.66. The number of hydrogen-bond donors (Lipinski definition) is 2. The summed E-state index contributed by atoms with van der Waals surface area (Å²) in [6, 6.07) is 18.6. The van der Waals surface area contributed by atoms with Gasteiger partial charge in [-0.05, 0) is 56.3 Å². The van der Waals surface area contributed by atoms with Gasteiger partial charge in [0.2, 0.25) is 5.90 Å². The van der Waals surface area contributed by atoms with Gasteiger partial charge >= 0.3 is 0 Å². The van der Waals surface area contributed by atoms with Crippen LogP contribution in [-0.2, 0) is 0 Å². The maximum Gasteiger partial charge on any atom is 0.228 e. The van der Waals surface area contributed by atoms with E-state index in [1.165, 1.54) is 6.07 Å². The summed E-state index contributed by atoms with van der Waals surface area (Å²) in [5.74, 6) is 1.90. The van der Waals surface area contributed by atoms with Gasteiger partial charge in [0.25, 0.3) is 0 Å². The molecule has 0 amide bonds. The predicted molar refractivity (Wildman–Crippen MR) is 134 cm³/mol. The Labute approximate surface area is 196 Å². The van der Waals surface area contributed by atoms with E-state index in [2.05, 4.69) is 37.0 Å². The first-order valence-corrected chi connectivity index (χ1v) is 11.4. The molecule has 2 aliphatic heterocycles. The van der Waals surface area contributed by atoms with E-state index in [-0.39, 0.29) is 11.5 Å². The van der Waals surface area contributed by atoms with E-state index in [4.69, 9.17) is 14.7 Å². The van der Waals surface area contributed by atoms with Crippen LogP contribution >= 0.6 is 0 Å². The van der Waals surface area contributed by atoms with Crippen molar-refractivity contribution in [2.45, 2.75) is 20.0 Å². The van der Waals surface area contributed by atoms with Crippen molar-refractivity contribution in [1.29, 1.82) is 0 Å². The number of phenols is 2. The zero-order chi connectivity index (χ0) is 23.4. The molecule has 1 unspecified atom stereocenters. The summed E-state index contributed by atoms with van der Waals surface area (Å²) < 4.78 is 8.38. The average molecular weight is 453 g/mol. The highest BCUT2D eigenvalue weighted by Gasteiger charge is 2.34. The van der Waals surface area contributed by atoms with Gasteiger partial charge in [-0.15, -0.1) is 0 Å². The highest BCUT2D eigenvalue weighted by molar-refractivity contribution is 6.27. The van der Waals surface area contributed by atoms with Crippen LogP contribution in [0.4, 0.5) is 5.69 Å². The molecule has 6 rings (SSSR count). The van der Waals surface area contributed by atoms with Crippen molar-refractivity contribution >= 4 is 34.3 Å². The van der Waals surface area contributed by atoms with Crippen LogP contribution in [0.25, 0.3) is 22.7 Å². The molecule has 2 aliphatic rings. The molecule has 2 N–H and O–H groups in total. The third-order valence-electron chi connectivity index (χ3n) is 6.41. The van der Waals surface area contributed by atoms with Gasteiger partial charge in [-0.3, -0.25) is 4.57 Å². The van der Waals surface area contributed by atoms with Crippen LogP contribution in [0.15, 0.2) is 65.7 Å². The molecule has 0 spiro atoms. The van der Waals surface area contributed by atoms with Gasteiger partial charge in [0.1, 0.15) is 23.1 Å². The number of phenolic OH excluding ortho intramolecular Hbond substituents is 2. The van der Waals surface area contributed by atoms with Crippen LogP contribution in [0.5, 0.6) is 17.2 Å². The van der Waals surface area contributed by atoms with E-state index in [9.17, 15) is 10.2 Å². The van der Waals surface area contributed by atoms with Crippen LogP contribution in [-0.4, -0.2) is 38.8 Å². The quantitative estimate of drug-likeness (QED) is 0.446. The fourth-order valence-corrected chi connectivity index (χ4v) is 4.79. The standard InChI is InChI=1S/C27H24N4O3/c1-3-30(4-2)18-10-9-16-13-21-26-28-22-7-5-6-8-23(22)31(26)25(29-27(21)34-24(16)14-18)17-11-19(32)15-20(33)12-17/h5-15,25,32-33H,3-4H2,1-2H3. The van der Waals surface area contributed by atoms with Crippen molar-refractivity contribution in [3.05, 3.63) is 77.6 Å². The number of fused-ring (bicyclic) bond motifs is 6. The van der Waals surface area contributed by atoms with E-state index in [1.807, 2.05) is 34.9 Å². The van der Waals surface area contributed by atoms with E-state index in [1.54, 1.807) is 12.1 Å². The second-order valence-corrected chi connectivity index (χ2v) is 8.44. The van der Waals surface area contributed by atoms with Crippen molar-refractivity contribution in [2.24, 2.45) is 4.99 Å². The lowest BCUT2D eigenvalue weighted by Gasteiger charge is -2.29. The SMILES string of the molecule is CCN(CC)c1ccc2c(c1)OC1=NC(c3cc(O)cc(O)c3)n3c(nc4ccccc43)C1=C2. The minimum absolute atomic E-state index is 0.0266. The van der Waals surface area contributed by atoms with Gasteiger partial charge in [-0.1, -0.05) is 12.1 Å². The molecule has 7 nitrogen and oxygen atoms in total. The van der Waals surface area contributed by atoms with Gasteiger partial charge in [-0.25, -0.2) is 9.98 Å². The number of aromatic hydroxyl groups is 2. The Morgan fingerprint density at radius 3 is 2.50 bits per heavy atom. The minimum Gasteiger partial charge on any atom is -0.508 e. The molecule has 4 aromatic rings. The lowest BCUT2D eigenvalue weighted by Crippen LogP contribution is -2.27. The number of aromatic nitrogens is 2. The number of aliphatic imine (C=N–C) groups is 1. The number of imidazole rings is 1. The maximum atomic E-state index is 10.1. The monoisotopic (exact) mass is 452 g/mol. The molecule has 170 valence electrons. The number of hydrogen-bond acceptors (Lipinski definition) is 6. The molecule has 0 bridgehead atoms. The lowest BCUT2D eigenvalue weighted by atomic mass is 10.0. The van der Waals surface area contributed by atoms with Gasteiger partial charge < -0.3 is 19.8 Å². The molecule has 0 saturated carbocycles. The number of para-hydroxylation sites is 2. The Morgan fingerprint density at radius 1 is 0.971 bits per heavy atom. The summed E-state index contributed by atoms with van der Waals surface area (Å²) in [5.41, 5.74) is 5.26. The summed E-state index contributed by atoms with van der Waals surface area (Å²) >= 11 is 0. The molecule has 3 heterocycles. The van der Waals surface area contributed by atoms with Crippen LogP contribution in [0.3, 0.4) is 0 Å². The first kappa shape index (κ1) is 20.4. The highest BCUT2D eigenvalue weighted by atomic mass is 16.5. The largest absolute Gasteiger partial charge is 0.508 e. The van der Waals surface area contributed by atoms with Crippen LogP contribution in [0, 0.1) is 0 Å². The Balaban J connectivity index is 1.56. The first-order valence-electron chi connectivity index (χ1n) is 11.4. The number of ether oxygens (including phenoxy) is 1. The molecular formula is C27H24N4O3. The summed E-state index contributed by atoms with van der Waals surface area (Å²) in [6.45, 7) is 6.08. The normalized spacial score (nSPS) is 16.1. The Bertz CT molecular complexity index is 1480. The van der Waals surface area contributed by atoms with Crippen molar-refractivity contribution in [3.63, 3.8) is 0 Å². The Hall–Kier alpha value is -4.26. The fraction of sp³-hybridized carbons (Fsp3) is 0.185. The third kappa shape index (κ3) is 3.12. The van der Waals surface area contributed by atoms with Gasteiger partial charge in [0, 0.05) is 42.0 Å². The number of nitrogens with zero attached hydrogens (tertiary/aromatic N) is 4.